The predicted molar refractivity (Wildman–Crippen MR) is 86.0 cm³/mol. The zero-order chi connectivity index (χ0) is 15.4. The topological polar surface area (TPSA) is 49.6 Å². The van der Waals surface area contributed by atoms with Gasteiger partial charge in [-0.05, 0) is 31.9 Å². The van der Waals surface area contributed by atoms with E-state index in [-0.39, 0.29) is 5.91 Å². The summed E-state index contributed by atoms with van der Waals surface area (Å²) in [6.07, 6.45) is 2.08. The average Bonchev–Trinajstić information content (AvgIpc) is 2.53. The Kier molecular flexibility index (Phi) is 5.37. The molecule has 0 aliphatic carbocycles. The van der Waals surface area contributed by atoms with Gasteiger partial charge in [-0.2, -0.15) is 0 Å². The van der Waals surface area contributed by atoms with Crippen molar-refractivity contribution in [2.75, 3.05) is 26.7 Å². The van der Waals surface area contributed by atoms with Crippen LogP contribution in [0.15, 0.2) is 24.3 Å². The number of carbonyl (C=O) groups is 1. The maximum atomic E-state index is 12.6. The van der Waals surface area contributed by atoms with E-state index in [0.717, 1.165) is 38.0 Å². The summed E-state index contributed by atoms with van der Waals surface area (Å²) in [5.74, 6) is 0.0220. The van der Waals surface area contributed by atoms with E-state index in [1.807, 2.05) is 43.1 Å². The Balaban J connectivity index is 1.97. The molecule has 1 aromatic rings. The first kappa shape index (κ1) is 16.0. The van der Waals surface area contributed by atoms with Gasteiger partial charge in [-0.1, -0.05) is 36.8 Å². The van der Waals surface area contributed by atoms with Crippen LogP contribution in [0.1, 0.15) is 36.9 Å². The molecule has 1 saturated heterocycles. The van der Waals surface area contributed by atoms with Crippen molar-refractivity contribution < 1.29 is 4.79 Å². The second-order valence-corrected chi connectivity index (χ2v) is 6.00. The van der Waals surface area contributed by atoms with Crippen LogP contribution in [-0.4, -0.2) is 48.4 Å². The number of likely N-dealkylation sites (tertiary alicyclic amines) is 1. The van der Waals surface area contributed by atoms with Crippen LogP contribution < -0.4 is 5.73 Å². The molecule has 4 heteroatoms. The summed E-state index contributed by atoms with van der Waals surface area (Å²) in [6.45, 7) is 7.44. The molecule has 1 heterocycles. The molecular weight excluding hydrogens is 262 g/mol. The van der Waals surface area contributed by atoms with Crippen molar-refractivity contribution in [1.29, 1.82) is 0 Å². The van der Waals surface area contributed by atoms with Crippen molar-refractivity contribution in [2.24, 2.45) is 5.73 Å². The molecule has 0 saturated carbocycles. The molecule has 1 atom stereocenters. The number of amides is 1. The lowest BCUT2D eigenvalue weighted by atomic mass is 10.0. The van der Waals surface area contributed by atoms with Crippen molar-refractivity contribution in [1.82, 2.24) is 9.80 Å². The van der Waals surface area contributed by atoms with E-state index in [9.17, 15) is 4.79 Å². The van der Waals surface area contributed by atoms with Crippen molar-refractivity contribution in [3.8, 4) is 0 Å². The molecule has 4 nitrogen and oxygen atoms in total. The van der Waals surface area contributed by atoms with Crippen LogP contribution >= 0.6 is 0 Å². The zero-order valence-corrected chi connectivity index (χ0v) is 13.4. The maximum absolute atomic E-state index is 12.6. The van der Waals surface area contributed by atoms with Gasteiger partial charge in [0.25, 0.3) is 0 Å². The molecule has 21 heavy (non-hydrogen) atoms. The fourth-order valence-electron chi connectivity index (χ4n) is 2.94. The van der Waals surface area contributed by atoms with Gasteiger partial charge in [0.2, 0.25) is 5.91 Å². The Morgan fingerprint density at radius 1 is 1.33 bits per heavy atom. The van der Waals surface area contributed by atoms with Gasteiger partial charge in [-0.3, -0.25) is 4.79 Å². The molecule has 0 bridgehead atoms. The summed E-state index contributed by atoms with van der Waals surface area (Å²) < 4.78 is 0. The molecule has 0 aromatic heterocycles. The molecule has 0 spiro atoms. The highest BCUT2D eigenvalue weighted by molar-refractivity contribution is 5.83. The minimum atomic E-state index is -0.556. The van der Waals surface area contributed by atoms with Crippen LogP contribution in [0, 0.1) is 6.92 Å². The summed E-state index contributed by atoms with van der Waals surface area (Å²) in [5, 5.41) is 0. The number of nitrogens with two attached hydrogens (primary N) is 1. The van der Waals surface area contributed by atoms with Gasteiger partial charge >= 0.3 is 0 Å². The normalized spacial score (nSPS) is 18.5. The number of benzene rings is 1. The van der Waals surface area contributed by atoms with E-state index in [0.29, 0.717) is 6.04 Å². The van der Waals surface area contributed by atoms with Crippen LogP contribution in [-0.2, 0) is 4.79 Å². The van der Waals surface area contributed by atoms with Crippen LogP contribution in [0.2, 0.25) is 0 Å². The SMILES string of the molecule is CCN1CCC(N(C)C(=O)C(N)c2ccc(C)cc2)CC1. The summed E-state index contributed by atoms with van der Waals surface area (Å²) in [6, 6.07) is 7.66. The molecule has 1 aromatic carbocycles. The molecule has 1 amide bonds. The minimum absolute atomic E-state index is 0.0220. The zero-order valence-electron chi connectivity index (χ0n) is 13.4. The van der Waals surface area contributed by atoms with Gasteiger partial charge in [0.05, 0.1) is 0 Å². The Bertz CT molecular complexity index is 463. The summed E-state index contributed by atoms with van der Waals surface area (Å²) in [7, 11) is 1.89. The lowest BCUT2D eigenvalue weighted by Gasteiger charge is -2.37. The molecule has 1 unspecified atom stereocenters. The number of aryl methyl sites for hydroxylation is 1. The largest absolute Gasteiger partial charge is 0.341 e. The second kappa shape index (κ2) is 7.05. The summed E-state index contributed by atoms with van der Waals surface area (Å²) in [5.41, 5.74) is 8.22. The molecule has 1 fully saturated rings. The number of carbonyl (C=O) groups excluding carboxylic acids is 1. The van der Waals surface area contributed by atoms with Crippen LogP contribution in [0.4, 0.5) is 0 Å². The molecule has 116 valence electrons. The number of nitrogens with zero attached hydrogens (tertiary/aromatic N) is 2. The van der Waals surface area contributed by atoms with E-state index in [1.54, 1.807) is 0 Å². The summed E-state index contributed by atoms with van der Waals surface area (Å²) in [4.78, 5) is 16.8. The Morgan fingerprint density at radius 2 is 1.90 bits per heavy atom. The minimum Gasteiger partial charge on any atom is -0.341 e. The smallest absolute Gasteiger partial charge is 0.244 e. The lowest BCUT2D eigenvalue weighted by molar-refractivity contribution is -0.134. The number of hydrogen-bond donors (Lipinski definition) is 1. The average molecular weight is 289 g/mol. The first-order valence-corrected chi connectivity index (χ1v) is 7.84. The molecule has 0 radical (unpaired) electrons. The number of hydrogen-bond acceptors (Lipinski definition) is 3. The Morgan fingerprint density at radius 3 is 2.43 bits per heavy atom. The van der Waals surface area contributed by atoms with E-state index in [4.69, 9.17) is 5.73 Å². The van der Waals surface area contributed by atoms with Gasteiger partial charge in [-0.25, -0.2) is 0 Å². The van der Waals surface area contributed by atoms with Crippen molar-refractivity contribution in [3.05, 3.63) is 35.4 Å². The van der Waals surface area contributed by atoms with Gasteiger partial charge in [0.15, 0.2) is 0 Å². The van der Waals surface area contributed by atoms with E-state index >= 15 is 0 Å². The third-order valence-electron chi connectivity index (χ3n) is 4.60. The molecule has 2 N–H and O–H groups in total. The highest BCUT2D eigenvalue weighted by Crippen LogP contribution is 2.20. The fourth-order valence-corrected chi connectivity index (χ4v) is 2.94. The lowest BCUT2D eigenvalue weighted by Crippen LogP contribution is -2.48. The first-order valence-electron chi connectivity index (χ1n) is 7.84. The van der Waals surface area contributed by atoms with Gasteiger partial charge in [0.1, 0.15) is 6.04 Å². The van der Waals surface area contributed by atoms with Crippen LogP contribution in [0.5, 0.6) is 0 Å². The van der Waals surface area contributed by atoms with Crippen molar-refractivity contribution in [3.63, 3.8) is 0 Å². The quantitative estimate of drug-likeness (QED) is 0.921. The van der Waals surface area contributed by atoms with E-state index < -0.39 is 6.04 Å². The van der Waals surface area contributed by atoms with Gasteiger partial charge < -0.3 is 15.5 Å². The third kappa shape index (κ3) is 3.83. The van der Waals surface area contributed by atoms with Crippen molar-refractivity contribution >= 4 is 5.91 Å². The van der Waals surface area contributed by atoms with Crippen molar-refractivity contribution in [2.45, 2.75) is 38.8 Å². The number of likely N-dealkylation sites (N-methyl/N-ethyl adjacent to an activating group) is 1. The monoisotopic (exact) mass is 289 g/mol. The highest BCUT2D eigenvalue weighted by atomic mass is 16.2. The number of rotatable bonds is 4. The van der Waals surface area contributed by atoms with Crippen LogP contribution in [0.3, 0.4) is 0 Å². The van der Waals surface area contributed by atoms with Gasteiger partial charge in [-0.15, -0.1) is 0 Å². The molecule has 2 rings (SSSR count). The summed E-state index contributed by atoms with van der Waals surface area (Å²) >= 11 is 0. The van der Waals surface area contributed by atoms with E-state index in [2.05, 4.69) is 11.8 Å². The third-order valence-corrected chi connectivity index (χ3v) is 4.60. The highest BCUT2D eigenvalue weighted by Gasteiger charge is 2.28. The predicted octanol–water partition coefficient (Wildman–Crippen LogP) is 1.94. The Hall–Kier alpha value is -1.39. The number of piperidine rings is 1. The van der Waals surface area contributed by atoms with Crippen LogP contribution in [0.25, 0.3) is 0 Å². The Labute approximate surface area is 127 Å². The molecule has 1 aliphatic rings. The first-order chi connectivity index (χ1) is 10.0. The second-order valence-electron chi connectivity index (χ2n) is 6.00. The fraction of sp³-hybridized carbons (Fsp3) is 0.588. The standard InChI is InChI=1S/C17H27N3O/c1-4-20-11-9-15(10-12-20)19(3)17(21)16(18)14-7-5-13(2)6-8-14/h5-8,15-16H,4,9-12,18H2,1-3H3. The van der Waals surface area contributed by atoms with Gasteiger partial charge in [0, 0.05) is 26.2 Å². The van der Waals surface area contributed by atoms with E-state index in [1.165, 1.54) is 5.56 Å². The molecule has 1 aliphatic heterocycles. The maximum Gasteiger partial charge on any atom is 0.244 e. The molecular formula is C17H27N3O.